The zero-order valence-electron chi connectivity index (χ0n) is 13.6. The summed E-state index contributed by atoms with van der Waals surface area (Å²) < 4.78 is 5.09. The molecule has 0 saturated heterocycles. The SMILES string of the molecule is COc1ccc(NC(=O)c2cc(NC(C)(C)C)ccn2)cc1Cl. The molecule has 0 fully saturated rings. The summed E-state index contributed by atoms with van der Waals surface area (Å²) in [6.45, 7) is 6.14. The van der Waals surface area contributed by atoms with Gasteiger partial charge < -0.3 is 15.4 Å². The Morgan fingerprint density at radius 2 is 1.91 bits per heavy atom. The first-order chi connectivity index (χ1) is 10.8. The van der Waals surface area contributed by atoms with Crippen molar-refractivity contribution in [2.45, 2.75) is 26.3 Å². The molecule has 0 aliphatic carbocycles. The monoisotopic (exact) mass is 333 g/mol. The number of methoxy groups -OCH3 is 1. The third kappa shape index (κ3) is 4.86. The molecule has 2 rings (SSSR count). The number of nitrogens with one attached hydrogen (secondary N) is 2. The molecule has 1 aromatic carbocycles. The Bertz CT molecular complexity index is 711. The van der Waals surface area contributed by atoms with E-state index in [1.807, 2.05) is 26.8 Å². The number of nitrogens with zero attached hydrogens (tertiary/aromatic N) is 1. The first-order valence-corrected chi connectivity index (χ1v) is 7.55. The third-order valence-corrected chi connectivity index (χ3v) is 3.22. The topological polar surface area (TPSA) is 63.2 Å². The van der Waals surface area contributed by atoms with Crippen molar-refractivity contribution < 1.29 is 9.53 Å². The largest absolute Gasteiger partial charge is 0.495 e. The number of amides is 1. The molecule has 122 valence electrons. The lowest BCUT2D eigenvalue weighted by Crippen LogP contribution is -2.26. The lowest BCUT2D eigenvalue weighted by molar-refractivity contribution is 0.102. The number of carbonyl (C=O) groups excluding carboxylic acids is 1. The summed E-state index contributed by atoms with van der Waals surface area (Å²) in [6.07, 6.45) is 1.60. The summed E-state index contributed by atoms with van der Waals surface area (Å²) >= 11 is 6.05. The van der Waals surface area contributed by atoms with Gasteiger partial charge in [-0.3, -0.25) is 9.78 Å². The van der Waals surface area contributed by atoms with Crippen molar-refractivity contribution in [3.05, 3.63) is 47.2 Å². The van der Waals surface area contributed by atoms with E-state index < -0.39 is 0 Å². The Morgan fingerprint density at radius 3 is 2.52 bits per heavy atom. The number of anilines is 2. The summed E-state index contributed by atoms with van der Waals surface area (Å²) in [4.78, 5) is 16.4. The first kappa shape index (κ1) is 17.1. The molecule has 0 radical (unpaired) electrons. The minimum absolute atomic E-state index is 0.0986. The zero-order chi connectivity index (χ0) is 17.0. The number of halogens is 1. The lowest BCUT2D eigenvalue weighted by Gasteiger charge is -2.22. The van der Waals surface area contributed by atoms with Gasteiger partial charge in [-0.15, -0.1) is 0 Å². The molecule has 0 atom stereocenters. The van der Waals surface area contributed by atoms with Crippen molar-refractivity contribution in [1.82, 2.24) is 4.98 Å². The average molecular weight is 334 g/mol. The number of pyridine rings is 1. The Kier molecular flexibility index (Phi) is 5.11. The van der Waals surface area contributed by atoms with Gasteiger partial charge in [0, 0.05) is 23.1 Å². The van der Waals surface area contributed by atoms with Crippen molar-refractivity contribution in [3.8, 4) is 5.75 Å². The molecule has 0 bridgehead atoms. The van der Waals surface area contributed by atoms with Gasteiger partial charge in [0.2, 0.25) is 0 Å². The van der Waals surface area contributed by atoms with Gasteiger partial charge in [0.05, 0.1) is 12.1 Å². The molecule has 6 heteroatoms. The maximum atomic E-state index is 12.3. The zero-order valence-corrected chi connectivity index (χ0v) is 14.4. The van der Waals surface area contributed by atoms with Crippen molar-refractivity contribution in [1.29, 1.82) is 0 Å². The molecular weight excluding hydrogens is 314 g/mol. The summed E-state index contributed by atoms with van der Waals surface area (Å²) in [5.41, 5.74) is 1.65. The predicted octanol–water partition coefficient (Wildman–Crippen LogP) is 4.21. The maximum Gasteiger partial charge on any atom is 0.274 e. The van der Waals surface area contributed by atoms with Crippen LogP contribution in [0.3, 0.4) is 0 Å². The van der Waals surface area contributed by atoms with E-state index in [9.17, 15) is 4.79 Å². The van der Waals surface area contributed by atoms with Gasteiger partial charge in [0.25, 0.3) is 5.91 Å². The van der Waals surface area contributed by atoms with Crippen LogP contribution >= 0.6 is 11.6 Å². The maximum absolute atomic E-state index is 12.3. The summed E-state index contributed by atoms with van der Waals surface area (Å²) in [5.74, 6) is 0.253. The molecule has 23 heavy (non-hydrogen) atoms. The summed E-state index contributed by atoms with van der Waals surface area (Å²) in [6, 6.07) is 8.59. The van der Waals surface area contributed by atoms with E-state index in [2.05, 4.69) is 15.6 Å². The highest BCUT2D eigenvalue weighted by Gasteiger charge is 2.13. The van der Waals surface area contributed by atoms with Crippen LogP contribution < -0.4 is 15.4 Å². The fourth-order valence-electron chi connectivity index (χ4n) is 2.00. The second-order valence-corrected chi connectivity index (χ2v) is 6.52. The van der Waals surface area contributed by atoms with Crippen molar-refractivity contribution in [3.63, 3.8) is 0 Å². The van der Waals surface area contributed by atoms with Crippen LogP contribution in [-0.4, -0.2) is 23.5 Å². The first-order valence-electron chi connectivity index (χ1n) is 7.17. The van der Waals surface area contributed by atoms with Crippen molar-refractivity contribution in [2.75, 3.05) is 17.7 Å². The smallest absolute Gasteiger partial charge is 0.274 e. The number of hydrogen-bond acceptors (Lipinski definition) is 4. The van der Waals surface area contributed by atoms with Gasteiger partial charge in [0.15, 0.2) is 0 Å². The highest BCUT2D eigenvalue weighted by molar-refractivity contribution is 6.32. The lowest BCUT2D eigenvalue weighted by atomic mass is 10.1. The van der Waals surface area contributed by atoms with Crippen LogP contribution in [0.5, 0.6) is 5.75 Å². The Labute approximate surface area is 141 Å². The van der Waals surface area contributed by atoms with Crippen LogP contribution in [-0.2, 0) is 0 Å². The van der Waals surface area contributed by atoms with Crippen LogP contribution in [0.25, 0.3) is 0 Å². The molecule has 2 aromatic rings. The summed E-state index contributed by atoms with van der Waals surface area (Å²) in [7, 11) is 1.54. The van der Waals surface area contributed by atoms with Crippen LogP contribution in [0.1, 0.15) is 31.3 Å². The highest BCUT2D eigenvalue weighted by atomic mass is 35.5. The molecule has 0 spiro atoms. The molecule has 1 aromatic heterocycles. The van der Waals surface area contributed by atoms with E-state index in [4.69, 9.17) is 16.3 Å². The van der Waals surface area contributed by atoms with Crippen LogP contribution in [0, 0.1) is 0 Å². The normalized spacial score (nSPS) is 11.0. The van der Waals surface area contributed by atoms with E-state index in [0.29, 0.717) is 22.2 Å². The van der Waals surface area contributed by atoms with E-state index in [-0.39, 0.29) is 11.4 Å². The number of carbonyl (C=O) groups is 1. The Balaban J connectivity index is 2.14. The molecule has 2 N–H and O–H groups in total. The second kappa shape index (κ2) is 6.87. The molecule has 0 aliphatic heterocycles. The van der Waals surface area contributed by atoms with Crippen molar-refractivity contribution >= 4 is 28.9 Å². The van der Waals surface area contributed by atoms with Gasteiger partial charge >= 0.3 is 0 Å². The number of aromatic nitrogens is 1. The van der Waals surface area contributed by atoms with Gasteiger partial charge in [-0.25, -0.2) is 0 Å². The number of rotatable bonds is 4. The van der Waals surface area contributed by atoms with Gasteiger partial charge in [-0.05, 0) is 51.1 Å². The standard InChI is InChI=1S/C17H20ClN3O2/c1-17(2,3)21-12-7-8-19-14(10-12)16(22)20-11-5-6-15(23-4)13(18)9-11/h5-10H,1-4H3,(H,19,21)(H,20,22). The highest BCUT2D eigenvalue weighted by Crippen LogP contribution is 2.27. The van der Waals surface area contributed by atoms with E-state index >= 15 is 0 Å². The van der Waals surface area contributed by atoms with Gasteiger partial charge in [-0.2, -0.15) is 0 Å². The van der Waals surface area contributed by atoms with Crippen LogP contribution in [0.4, 0.5) is 11.4 Å². The van der Waals surface area contributed by atoms with Gasteiger partial charge in [-0.1, -0.05) is 11.6 Å². The fourth-order valence-corrected chi connectivity index (χ4v) is 2.26. The quantitative estimate of drug-likeness (QED) is 0.880. The second-order valence-electron chi connectivity index (χ2n) is 6.11. The molecule has 1 amide bonds. The van der Waals surface area contributed by atoms with Crippen LogP contribution in [0.2, 0.25) is 5.02 Å². The van der Waals surface area contributed by atoms with E-state index in [0.717, 1.165) is 5.69 Å². The third-order valence-electron chi connectivity index (χ3n) is 2.92. The van der Waals surface area contributed by atoms with Crippen LogP contribution in [0.15, 0.2) is 36.5 Å². The molecule has 5 nitrogen and oxygen atoms in total. The minimum Gasteiger partial charge on any atom is -0.495 e. The molecule has 1 heterocycles. The number of ether oxygens (including phenoxy) is 1. The van der Waals surface area contributed by atoms with Gasteiger partial charge in [0.1, 0.15) is 11.4 Å². The molecule has 0 saturated carbocycles. The number of hydrogen-bond donors (Lipinski definition) is 2. The van der Waals surface area contributed by atoms with Crippen molar-refractivity contribution in [2.24, 2.45) is 0 Å². The average Bonchev–Trinajstić information content (AvgIpc) is 2.46. The Morgan fingerprint density at radius 1 is 1.17 bits per heavy atom. The molecule has 0 aliphatic rings. The fraction of sp³-hybridized carbons (Fsp3) is 0.294. The number of benzene rings is 1. The Hall–Kier alpha value is -2.27. The molecule has 0 unspecified atom stereocenters. The molecular formula is C17H20ClN3O2. The predicted molar refractivity (Wildman–Crippen MR) is 93.6 cm³/mol. The summed E-state index contributed by atoms with van der Waals surface area (Å²) in [5, 5.41) is 6.51. The minimum atomic E-state index is -0.302. The van der Waals surface area contributed by atoms with E-state index in [1.54, 1.807) is 30.5 Å². The van der Waals surface area contributed by atoms with E-state index in [1.165, 1.54) is 7.11 Å².